The number of nitrogens with zero attached hydrogens (tertiary/aromatic N) is 2. The molecule has 0 saturated carbocycles. The van der Waals surface area contributed by atoms with Crippen LogP contribution in [-0.2, 0) is 38.0 Å². The zero-order valence-corrected chi connectivity index (χ0v) is 43.4. The van der Waals surface area contributed by atoms with Gasteiger partial charge < -0.3 is 69.1 Å². The van der Waals surface area contributed by atoms with Crippen molar-refractivity contribution in [3.05, 3.63) is 60.7 Å². The van der Waals surface area contributed by atoms with Crippen molar-refractivity contribution in [2.75, 3.05) is 31.3 Å². The zero-order valence-electron chi connectivity index (χ0n) is 43.4. The van der Waals surface area contributed by atoms with Crippen molar-refractivity contribution in [3.8, 4) is 6.07 Å². The molecule has 0 bridgehead atoms. The van der Waals surface area contributed by atoms with E-state index in [2.05, 4.69) is 16.0 Å². The number of aliphatic hydroxyl groups excluding tert-OH is 1. The molecule has 71 heavy (non-hydrogen) atoms. The van der Waals surface area contributed by atoms with E-state index in [0.29, 0.717) is 11.4 Å². The van der Waals surface area contributed by atoms with E-state index in [-0.39, 0.29) is 44.6 Å². The van der Waals surface area contributed by atoms with Gasteiger partial charge in [0, 0.05) is 43.9 Å². The number of para-hydroxylation sites is 2. The molecule has 3 saturated heterocycles. The van der Waals surface area contributed by atoms with E-state index in [1.165, 1.54) is 18.9 Å². The molecule has 396 valence electrons. The number of anilines is 2. The second-order valence-electron chi connectivity index (χ2n) is 20.7. The van der Waals surface area contributed by atoms with Gasteiger partial charge in [0.15, 0.2) is 18.7 Å². The summed E-state index contributed by atoms with van der Waals surface area (Å²) in [7, 11) is 2.99. The number of likely N-dealkylation sites (N-methyl/N-ethyl adjacent to an activating group) is 1. The first-order valence-corrected chi connectivity index (χ1v) is 24.8. The van der Waals surface area contributed by atoms with Crippen LogP contribution in [0.1, 0.15) is 101 Å². The van der Waals surface area contributed by atoms with Crippen molar-refractivity contribution in [3.63, 3.8) is 0 Å². The highest BCUT2D eigenvalue weighted by Crippen LogP contribution is 2.45. The van der Waals surface area contributed by atoms with Gasteiger partial charge in [-0.3, -0.25) is 10.1 Å². The van der Waals surface area contributed by atoms with Gasteiger partial charge in [-0.25, -0.2) is 9.59 Å². The highest BCUT2D eigenvalue weighted by Gasteiger charge is 2.59. The Kier molecular flexibility index (Phi) is 19.5. The first-order chi connectivity index (χ1) is 33.3. The number of benzene rings is 2. The predicted octanol–water partition coefficient (Wildman–Crippen LogP) is 5.70. The number of nitrogens with one attached hydrogen (secondary N) is 3. The maximum Gasteiger partial charge on any atom is 0.412 e. The predicted molar refractivity (Wildman–Crippen MR) is 263 cm³/mol. The summed E-state index contributed by atoms with van der Waals surface area (Å²) < 4.78 is 45.0. The topological polar surface area (TPSA) is 260 Å². The Labute approximate surface area is 418 Å². The van der Waals surface area contributed by atoms with E-state index in [4.69, 9.17) is 33.2 Å². The molecule has 0 spiro atoms. The zero-order chi connectivity index (χ0) is 52.6. The van der Waals surface area contributed by atoms with Gasteiger partial charge in [-0.1, -0.05) is 57.2 Å². The van der Waals surface area contributed by atoms with Gasteiger partial charge >= 0.3 is 18.1 Å². The Morgan fingerprint density at radius 2 is 1.51 bits per heavy atom. The number of hydrogen-bond acceptors (Lipinski definition) is 16. The molecule has 3 amide bonds. The molecular formula is C52H79N5O14. The van der Waals surface area contributed by atoms with Crippen molar-refractivity contribution in [2.24, 2.45) is 17.8 Å². The minimum absolute atomic E-state index is 0.0579. The standard InChI is InChI=1S/C52H79N5O14/c1-13-39-51(10,63)43(58)34(6)54-29-30(2)27-49(8,62)44(32(4)41(33(5)45(59)68-39)69-40-28-50(9,65-12)52(64,24-25-53)35(7)67-40)71-46-42(70-48(61)56-37-22-18-15-19-23-37)38(26-31(3)66-46)57(11)47(60)55-36-20-16-14-17-21-36/h14-23,30-35,38-44,46,54,58,62-64H,13,24,26-29H2,1-12H3,(H,55,60)(H,56,61)/t30-,31-,32+,33-,34-,35+,38+,39-,40+,41+,42-,43-,44-,46+,49-,50-,51-,52+/m1/s1. The van der Waals surface area contributed by atoms with Crippen LogP contribution in [0.3, 0.4) is 0 Å². The summed E-state index contributed by atoms with van der Waals surface area (Å²) in [6.45, 7) is 16.9. The highest BCUT2D eigenvalue weighted by molar-refractivity contribution is 5.89. The minimum atomic E-state index is -1.91. The van der Waals surface area contributed by atoms with Crippen LogP contribution in [0, 0.1) is 29.1 Å². The average Bonchev–Trinajstić information content (AvgIpc) is 3.32. The monoisotopic (exact) mass is 998 g/mol. The Bertz CT molecular complexity index is 2100. The van der Waals surface area contributed by atoms with Crippen LogP contribution in [0.4, 0.5) is 21.0 Å². The number of amides is 3. The average molecular weight is 998 g/mol. The second-order valence-corrected chi connectivity index (χ2v) is 20.7. The molecule has 0 radical (unpaired) electrons. The molecule has 5 rings (SSSR count). The van der Waals surface area contributed by atoms with Gasteiger partial charge in [-0.05, 0) is 104 Å². The maximum atomic E-state index is 14.6. The molecular weight excluding hydrogens is 919 g/mol. The molecule has 3 heterocycles. The number of methoxy groups -OCH3 is 1. The lowest BCUT2D eigenvalue weighted by molar-refractivity contribution is -0.336. The number of ether oxygens (including phenoxy) is 7. The second kappa shape index (κ2) is 24.1. The van der Waals surface area contributed by atoms with E-state index >= 15 is 0 Å². The quantitative estimate of drug-likeness (QED) is 0.133. The third-order valence-corrected chi connectivity index (χ3v) is 15.0. The van der Waals surface area contributed by atoms with Gasteiger partial charge in [-0.2, -0.15) is 5.26 Å². The number of rotatable bonds is 11. The fourth-order valence-corrected chi connectivity index (χ4v) is 10.5. The van der Waals surface area contributed by atoms with Crippen molar-refractivity contribution in [1.29, 1.82) is 5.26 Å². The largest absolute Gasteiger partial charge is 0.459 e. The van der Waals surface area contributed by atoms with E-state index in [1.807, 2.05) is 19.1 Å². The molecule has 3 aliphatic rings. The van der Waals surface area contributed by atoms with E-state index in [0.717, 1.165) is 0 Å². The lowest BCUT2D eigenvalue weighted by Crippen LogP contribution is -2.66. The lowest BCUT2D eigenvalue weighted by Gasteiger charge is -2.53. The number of cyclic esters (lactones) is 1. The van der Waals surface area contributed by atoms with Crippen LogP contribution in [0.2, 0.25) is 0 Å². The van der Waals surface area contributed by atoms with Crippen LogP contribution in [-0.4, -0.2) is 154 Å². The summed E-state index contributed by atoms with van der Waals surface area (Å²) in [6, 6.07) is 17.5. The van der Waals surface area contributed by atoms with Crippen molar-refractivity contribution in [1.82, 2.24) is 10.2 Å². The number of carbonyl (C=O) groups excluding carboxylic acids is 3. The number of esters is 1. The maximum absolute atomic E-state index is 14.6. The number of aliphatic hydroxyl groups is 4. The third-order valence-electron chi connectivity index (χ3n) is 15.0. The molecule has 0 unspecified atom stereocenters. The Morgan fingerprint density at radius 1 is 0.901 bits per heavy atom. The van der Waals surface area contributed by atoms with E-state index < -0.39 is 120 Å². The van der Waals surface area contributed by atoms with E-state index in [9.17, 15) is 40.1 Å². The molecule has 19 nitrogen and oxygen atoms in total. The summed E-state index contributed by atoms with van der Waals surface area (Å²) >= 11 is 0. The third kappa shape index (κ3) is 13.4. The van der Waals surface area contributed by atoms with Crippen molar-refractivity contribution in [2.45, 2.75) is 191 Å². The fraction of sp³-hybridized carbons (Fsp3) is 0.692. The Morgan fingerprint density at radius 3 is 2.08 bits per heavy atom. The molecule has 3 fully saturated rings. The Balaban J connectivity index is 1.63. The van der Waals surface area contributed by atoms with Crippen molar-refractivity contribution < 1.29 is 68.0 Å². The normalized spacial score (nSPS) is 39.6. The highest BCUT2D eigenvalue weighted by atomic mass is 16.7. The SMILES string of the molecule is CC[C@H]1OC(=O)[C@H](C)[C@@H](O[C@H]2C[C@@](C)(OC)[C@](O)(CC#N)[C@H](C)O2)[C@H](C)[C@@H](O[C@@H]2O[C@H](C)C[C@H](N(C)C(=O)Nc3ccccc3)[C@H]2OC(=O)Nc2ccccc2)[C@](C)(O)C[C@@H](C)CN[C@H](C)[C@@H](O)[C@]1(C)O. The molecule has 2 aromatic carbocycles. The lowest BCUT2D eigenvalue weighted by atomic mass is 9.73. The number of carbonyl (C=O) groups is 3. The van der Waals surface area contributed by atoms with Gasteiger partial charge in [-0.15, -0.1) is 0 Å². The van der Waals surface area contributed by atoms with Crippen LogP contribution in [0.25, 0.3) is 0 Å². The Hall–Kier alpha value is -4.46. The first-order valence-electron chi connectivity index (χ1n) is 24.8. The minimum Gasteiger partial charge on any atom is -0.459 e. The van der Waals surface area contributed by atoms with Crippen LogP contribution < -0.4 is 16.0 Å². The van der Waals surface area contributed by atoms with Crippen LogP contribution >= 0.6 is 0 Å². The number of urea groups is 1. The van der Waals surface area contributed by atoms with Crippen LogP contribution in [0.5, 0.6) is 0 Å². The molecule has 3 aliphatic heterocycles. The first kappa shape index (κ1) is 57.4. The van der Waals surface area contributed by atoms with E-state index in [1.54, 1.807) is 117 Å². The molecule has 0 aliphatic carbocycles. The van der Waals surface area contributed by atoms with Crippen LogP contribution in [0.15, 0.2) is 60.7 Å². The summed E-state index contributed by atoms with van der Waals surface area (Å²) in [5, 5.41) is 66.9. The van der Waals surface area contributed by atoms with Gasteiger partial charge in [0.1, 0.15) is 29.0 Å². The van der Waals surface area contributed by atoms with Crippen molar-refractivity contribution >= 4 is 29.5 Å². The summed E-state index contributed by atoms with van der Waals surface area (Å²) in [5.41, 5.74) is -5.88. The molecule has 7 N–H and O–H groups in total. The van der Waals surface area contributed by atoms with Gasteiger partial charge in [0.05, 0.1) is 54.5 Å². The van der Waals surface area contributed by atoms with Gasteiger partial charge in [0.25, 0.3) is 0 Å². The smallest absolute Gasteiger partial charge is 0.412 e. The summed E-state index contributed by atoms with van der Waals surface area (Å²) in [4.78, 5) is 44.0. The molecule has 19 heteroatoms. The fourth-order valence-electron chi connectivity index (χ4n) is 10.5. The molecule has 2 aromatic rings. The molecule has 0 aromatic heterocycles. The number of nitriles is 1. The van der Waals surface area contributed by atoms with Gasteiger partial charge in [0.2, 0.25) is 0 Å². The molecule has 18 atom stereocenters. The summed E-state index contributed by atoms with van der Waals surface area (Å²) in [6.07, 6.45) is -11.6. The number of hydrogen-bond donors (Lipinski definition) is 7. The summed E-state index contributed by atoms with van der Waals surface area (Å²) in [5.74, 6) is -3.32.